The molecule has 1 atom stereocenters. The molecule has 0 heterocycles. The van der Waals surface area contributed by atoms with Crippen molar-refractivity contribution in [1.29, 1.82) is 0 Å². The van der Waals surface area contributed by atoms with E-state index in [0.717, 1.165) is 48.0 Å². The SMILES string of the molecule is COC1=C(c2ccccc2Cl)CCCC1=O.COC1=C(c2ccccc2Cl)CCC[C@@H]1OC(N)=O. The van der Waals surface area contributed by atoms with Crippen LogP contribution in [0.5, 0.6) is 0 Å². The van der Waals surface area contributed by atoms with E-state index >= 15 is 0 Å². The Morgan fingerprint density at radius 1 is 0.857 bits per heavy atom. The van der Waals surface area contributed by atoms with Crippen LogP contribution in [0.15, 0.2) is 60.0 Å². The van der Waals surface area contributed by atoms with Crippen molar-refractivity contribution >= 4 is 46.2 Å². The lowest BCUT2D eigenvalue weighted by Crippen LogP contribution is -2.28. The lowest BCUT2D eigenvalue weighted by atomic mass is 9.90. The highest BCUT2D eigenvalue weighted by Gasteiger charge is 2.28. The van der Waals surface area contributed by atoms with E-state index < -0.39 is 12.2 Å². The van der Waals surface area contributed by atoms with Crippen molar-refractivity contribution in [3.05, 3.63) is 81.2 Å². The predicted molar refractivity (Wildman–Crippen MR) is 138 cm³/mol. The highest BCUT2D eigenvalue weighted by Crippen LogP contribution is 2.37. The summed E-state index contributed by atoms with van der Waals surface area (Å²) in [5, 5.41) is 1.33. The topological polar surface area (TPSA) is 87.8 Å². The third-order valence-electron chi connectivity index (χ3n) is 5.92. The van der Waals surface area contributed by atoms with E-state index in [0.29, 0.717) is 34.4 Å². The summed E-state index contributed by atoms with van der Waals surface area (Å²) in [6.45, 7) is 0. The summed E-state index contributed by atoms with van der Waals surface area (Å²) in [7, 11) is 3.10. The Bertz CT molecular complexity index is 1140. The van der Waals surface area contributed by atoms with Crippen molar-refractivity contribution < 1.29 is 23.8 Å². The van der Waals surface area contributed by atoms with Gasteiger partial charge in [0.05, 0.1) is 14.2 Å². The van der Waals surface area contributed by atoms with Crippen LogP contribution >= 0.6 is 23.2 Å². The minimum absolute atomic E-state index is 0.0728. The van der Waals surface area contributed by atoms with Gasteiger partial charge in [-0.1, -0.05) is 59.6 Å². The molecule has 0 spiro atoms. The number of nitrogens with two attached hydrogens (primary N) is 1. The molecule has 0 saturated heterocycles. The average Bonchev–Trinajstić information content (AvgIpc) is 2.84. The molecule has 0 unspecified atom stereocenters. The van der Waals surface area contributed by atoms with E-state index in [1.54, 1.807) is 7.11 Å². The summed E-state index contributed by atoms with van der Waals surface area (Å²) in [6.07, 6.45) is 3.50. The van der Waals surface area contributed by atoms with Gasteiger partial charge in [-0.15, -0.1) is 0 Å². The van der Waals surface area contributed by atoms with E-state index in [2.05, 4.69) is 0 Å². The molecule has 2 aromatic rings. The second-order valence-corrected chi connectivity index (χ2v) is 8.93. The van der Waals surface area contributed by atoms with Gasteiger partial charge in [0.25, 0.3) is 0 Å². The second kappa shape index (κ2) is 12.7. The van der Waals surface area contributed by atoms with E-state index in [-0.39, 0.29) is 5.78 Å². The molecule has 8 heteroatoms. The van der Waals surface area contributed by atoms with E-state index in [1.165, 1.54) is 7.11 Å². The molecule has 2 aliphatic carbocycles. The number of rotatable bonds is 5. The van der Waals surface area contributed by atoms with Crippen molar-refractivity contribution in [3.8, 4) is 0 Å². The minimum Gasteiger partial charge on any atom is -0.497 e. The normalized spacial score (nSPS) is 17.9. The molecule has 0 aliphatic heterocycles. The van der Waals surface area contributed by atoms with Crippen LogP contribution in [0, 0.1) is 0 Å². The number of ketones is 1. The molecular formula is C27H29Cl2NO5. The molecule has 0 saturated carbocycles. The molecule has 0 radical (unpaired) electrons. The Hall–Kier alpha value is -2.96. The van der Waals surface area contributed by atoms with Gasteiger partial charge in [-0.2, -0.15) is 0 Å². The number of benzene rings is 2. The number of carbonyl (C=O) groups is 2. The molecule has 2 N–H and O–H groups in total. The first-order chi connectivity index (χ1) is 16.9. The number of amides is 1. The standard InChI is InChI=1S/C14H16ClNO3.C13H13ClO2/c1-18-13-10(9-5-2-3-7-11(9)15)6-4-8-12(13)19-14(16)17;1-16-13-10(6-4-8-12(13)15)9-5-2-3-7-11(9)14/h2-3,5,7,12H,4,6,8H2,1H3,(H2,16,17);2-3,5,7H,4,6,8H2,1H3/t12-;/m0./s1. The number of hydrogen-bond donors (Lipinski definition) is 1. The van der Waals surface area contributed by atoms with Gasteiger partial charge < -0.3 is 19.9 Å². The third kappa shape index (κ3) is 6.59. The van der Waals surface area contributed by atoms with Gasteiger partial charge in [0.15, 0.2) is 17.6 Å². The van der Waals surface area contributed by atoms with Crippen LogP contribution in [0.3, 0.4) is 0 Å². The number of carbonyl (C=O) groups excluding carboxylic acids is 2. The lowest BCUT2D eigenvalue weighted by molar-refractivity contribution is -0.118. The molecule has 2 aliphatic rings. The zero-order valence-corrected chi connectivity index (χ0v) is 21.3. The number of ether oxygens (including phenoxy) is 3. The Kier molecular flexibility index (Phi) is 9.64. The molecule has 0 aromatic heterocycles. The van der Waals surface area contributed by atoms with Crippen LogP contribution < -0.4 is 5.73 Å². The van der Waals surface area contributed by atoms with Crippen molar-refractivity contribution in [2.24, 2.45) is 5.73 Å². The summed E-state index contributed by atoms with van der Waals surface area (Å²) in [5.74, 6) is 1.18. The quantitative estimate of drug-likeness (QED) is 0.471. The third-order valence-corrected chi connectivity index (χ3v) is 6.58. The molecule has 0 fully saturated rings. The Labute approximate surface area is 215 Å². The van der Waals surface area contributed by atoms with Gasteiger partial charge in [-0.3, -0.25) is 4.79 Å². The van der Waals surface area contributed by atoms with E-state index in [9.17, 15) is 9.59 Å². The van der Waals surface area contributed by atoms with Crippen molar-refractivity contribution in [2.75, 3.05) is 14.2 Å². The maximum atomic E-state index is 11.7. The number of hydrogen-bond acceptors (Lipinski definition) is 5. The summed E-state index contributed by atoms with van der Waals surface area (Å²) < 4.78 is 15.7. The first kappa shape index (κ1) is 26.6. The van der Waals surface area contributed by atoms with Crippen LogP contribution in [0.25, 0.3) is 11.1 Å². The first-order valence-electron chi connectivity index (χ1n) is 11.4. The summed E-state index contributed by atoms with van der Waals surface area (Å²) >= 11 is 12.3. The van der Waals surface area contributed by atoms with Gasteiger partial charge in [-0.25, -0.2) is 4.79 Å². The monoisotopic (exact) mass is 517 g/mol. The fraction of sp³-hybridized carbons (Fsp3) is 0.333. The van der Waals surface area contributed by atoms with Gasteiger partial charge in [-0.05, 0) is 49.8 Å². The molecule has 2 aromatic carbocycles. The number of primary amides is 1. The lowest BCUT2D eigenvalue weighted by Gasteiger charge is -2.27. The molecule has 0 bridgehead atoms. The predicted octanol–water partition coefficient (Wildman–Crippen LogP) is 6.80. The Balaban J connectivity index is 0.000000198. The molecule has 6 nitrogen and oxygen atoms in total. The maximum absolute atomic E-state index is 11.7. The second-order valence-electron chi connectivity index (χ2n) is 8.11. The largest absolute Gasteiger partial charge is 0.497 e. The number of halogens is 2. The number of methoxy groups -OCH3 is 2. The van der Waals surface area contributed by atoms with Gasteiger partial charge in [0.2, 0.25) is 0 Å². The van der Waals surface area contributed by atoms with E-state index in [4.69, 9.17) is 43.1 Å². The van der Waals surface area contributed by atoms with Crippen LogP contribution in [-0.4, -0.2) is 32.2 Å². The van der Waals surface area contributed by atoms with Crippen LogP contribution in [-0.2, 0) is 19.0 Å². The van der Waals surface area contributed by atoms with Gasteiger partial charge >= 0.3 is 6.09 Å². The fourth-order valence-corrected chi connectivity index (χ4v) is 4.91. The average molecular weight is 518 g/mol. The highest BCUT2D eigenvalue weighted by atomic mass is 35.5. The molecular weight excluding hydrogens is 489 g/mol. The van der Waals surface area contributed by atoms with Crippen LogP contribution in [0.4, 0.5) is 4.79 Å². The fourth-order valence-electron chi connectivity index (χ4n) is 4.41. The van der Waals surface area contributed by atoms with Gasteiger partial charge in [0, 0.05) is 33.2 Å². The van der Waals surface area contributed by atoms with Crippen molar-refractivity contribution in [1.82, 2.24) is 0 Å². The van der Waals surface area contributed by atoms with Crippen LogP contribution in [0.1, 0.15) is 49.7 Å². The Morgan fingerprint density at radius 2 is 1.43 bits per heavy atom. The van der Waals surface area contributed by atoms with Crippen molar-refractivity contribution in [2.45, 2.75) is 44.6 Å². The summed E-state index contributed by atoms with van der Waals surface area (Å²) in [6, 6.07) is 15.1. The maximum Gasteiger partial charge on any atom is 0.405 e. The molecule has 35 heavy (non-hydrogen) atoms. The highest BCUT2D eigenvalue weighted by molar-refractivity contribution is 6.32. The summed E-state index contributed by atoms with van der Waals surface area (Å²) in [4.78, 5) is 22.6. The first-order valence-corrected chi connectivity index (χ1v) is 12.2. The molecule has 186 valence electrons. The Morgan fingerprint density at radius 3 is 1.97 bits per heavy atom. The van der Waals surface area contributed by atoms with E-state index in [1.807, 2.05) is 48.5 Å². The van der Waals surface area contributed by atoms with Gasteiger partial charge in [0.1, 0.15) is 5.76 Å². The minimum atomic E-state index is -0.792. The smallest absolute Gasteiger partial charge is 0.405 e. The molecule has 4 rings (SSSR count). The number of allylic oxidation sites excluding steroid dienone is 3. The molecule has 1 amide bonds. The zero-order valence-electron chi connectivity index (χ0n) is 19.8. The van der Waals surface area contributed by atoms with Crippen molar-refractivity contribution in [3.63, 3.8) is 0 Å². The zero-order chi connectivity index (χ0) is 25.4. The number of Topliss-reactive ketones (excluding diaryl/α,β-unsaturated/α-hetero) is 1. The van der Waals surface area contributed by atoms with Crippen LogP contribution in [0.2, 0.25) is 10.0 Å². The summed E-state index contributed by atoms with van der Waals surface area (Å²) in [5.41, 5.74) is 8.83.